The van der Waals surface area contributed by atoms with Crippen LogP contribution in [0.25, 0.3) is 0 Å². The topological polar surface area (TPSA) is 58.5 Å². The summed E-state index contributed by atoms with van der Waals surface area (Å²) in [6.45, 7) is 11.6. The Bertz CT molecular complexity index is 408. The summed E-state index contributed by atoms with van der Waals surface area (Å²) in [7, 11) is -2.28. The summed E-state index contributed by atoms with van der Waals surface area (Å²) in [4.78, 5) is 0. The van der Waals surface area contributed by atoms with E-state index in [9.17, 15) is 8.42 Å². The number of nitrogens with zero attached hydrogens (tertiary/aromatic N) is 1. The van der Waals surface area contributed by atoms with Gasteiger partial charge < -0.3 is 0 Å². The van der Waals surface area contributed by atoms with Crippen LogP contribution in [0.4, 0.5) is 0 Å². The quantitative estimate of drug-likeness (QED) is 0.810. The predicted octanol–water partition coefficient (Wildman–Crippen LogP) is 2.74. The largest absolute Gasteiger partial charge is 0.242 e. The van der Waals surface area contributed by atoms with Crippen LogP contribution in [-0.2, 0) is 22.0 Å². The lowest BCUT2D eigenvalue weighted by atomic mass is 10.1. The Kier molecular flexibility index (Phi) is 6.11. The minimum Gasteiger partial charge on any atom is -0.242 e. The molecule has 0 amide bonds. The van der Waals surface area contributed by atoms with Crippen LogP contribution >= 0.6 is 0 Å². The molecule has 0 heterocycles. The minimum atomic E-state index is -1.21. The van der Waals surface area contributed by atoms with E-state index in [0.717, 1.165) is 19.3 Å². The molecule has 1 fully saturated rings. The third-order valence-corrected chi connectivity index (χ3v) is 6.25. The fourth-order valence-electron chi connectivity index (χ4n) is 1.92. The SMILES string of the molecule is CC(C)(C)S(=O)/N=C/[C@H]1CCC[C@@H]1NS(=O)C(C)(C)C. The molecule has 0 aromatic carbocycles. The first-order valence-electron chi connectivity index (χ1n) is 7.16. The molecule has 0 aromatic rings. The highest BCUT2D eigenvalue weighted by atomic mass is 32.2. The predicted molar refractivity (Wildman–Crippen MR) is 88.5 cm³/mol. The van der Waals surface area contributed by atoms with Crippen molar-refractivity contribution in [3.05, 3.63) is 0 Å². The lowest BCUT2D eigenvalue weighted by molar-refractivity contribution is 0.553. The van der Waals surface area contributed by atoms with Crippen molar-refractivity contribution < 1.29 is 8.42 Å². The first-order valence-corrected chi connectivity index (χ1v) is 9.41. The van der Waals surface area contributed by atoms with Crippen molar-refractivity contribution >= 4 is 28.2 Å². The van der Waals surface area contributed by atoms with Crippen molar-refractivity contribution in [2.45, 2.75) is 76.3 Å². The Morgan fingerprint density at radius 1 is 1.05 bits per heavy atom. The van der Waals surface area contributed by atoms with Crippen molar-refractivity contribution in [2.24, 2.45) is 10.3 Å². The van der Waals surface area contributed by atoms with Gasteiger partial charge in [-0.15, -0.1) is 0 Å². The Balaban J connectivity index is 2.65. The zero-order chi connectivity index (χ0) is 15.6. The van der Waals surface area contributed by atoms with E-state index in [1.807, 2.05) is 47.8 Å². The summed E-state index contributed by atoms with van der Waals surface area (Å²) in [6.07, 6.45) is 4.92. The Morgan fingerprint density at radius 2 is 1.65 bits per heavy atom. The molecule has 0 saturated heterocycles. The van der Waals surface area contributed by atoms with E-state index in [1.165, 1.54) is 0 Å². The second-order valence-electron chi connectivity index (χ2n) is 7.32. The van der Waals surface area contributed by atoms with Crippen LogP contribution in [-0.4, -0.2) is 30.2 Å². The van der Waals surface area contributed by atoms with Gasteiger partial charge in [-0.1, -0.05) is 6.42 Å². The molecule has 6 heteroatoms. The second kappa shape index (κ2) is 6.79. The van der Waals surface area contributed by atoms with Crippen molar-refractivity contribution in [3.8, 4) is 0 Å². The average molecular weight is 321 g/mol. The van der Waals surface area contributed by atoms with Gasteiger partial charge in [-0.3, -0.25) is 0 Å². The lowest BCUT2D eigenvalue weighted by Crippen LogP contribution is -2.41. The van der Waals surface area contributed by atoms with E-state index < -0.39 is 22.0 Å². The van der Waals surface area contributed by atoms with E-state index in [1.54, 1.807) is 0 Å². The zero-order valence-electron chi connectivity index (χ0n) is 13.4. The molecular weight excluding hydrogens is 292 g/mol. The van der Waals surface area contributed by atoms with Crippen molar-refractivity contribution in [3.63, 3.8) is 0 Å². The van der Waals surface area contributed by atoms with Gasteiger partial charge in [0.05, 0.1) is 20.5 Å². The first kappa shape index (κ1) is 18.0. The molecule has 0 aromatic heterocycles. The Hall–Kier alpha value is -0.0700. The molecule has 1 N–H and O–H groups in total. The third-order valence-electron chi connectivity index (χ3n) is 3.26. The van der Waals surface area contributed by atoms with Gasteiger partial charge in [-0.2, -0.15) is 4.40 Å². The van der Waals surface area contributed by atoms with Gasteiger partial charge in [0, 0.05) is 18.2 Å². The van der Waals surface area contributed by atoms with Gasteiger partial charge in [-0.25, -0.2) is 13.1 Å². The van der Waals surface area contributed by atoms with Gasteiger partial charge in [-0.05, 0) is 54.4 Å². The van der Waals surface area contributed by atoms with Crippen molar-refractivity contribution in [1.82, 2.24) is 4.72 Å². The van der Waals surface area contributed by atoms with Crippen molar-refractivity contribution in [1.29, 1.82) is 0 Å². The zero-order valence-corrected chi connectivity index (χ0v) is 15.1. The van der Waals surface area contributed by atoms with Crippen LogP contribution in [0.1, 0.15) is 60.8 Å². The number of hydrogen-bond donors (Lipinski definition) is 1. The number of nitrogens with one attached hydrogen (secondary N) is 1. The lowest BCUT2D eigenvalue weighted by Gasteiger charge is -2.24. The Morgan fingerprint density at radius 3 is 2.15 bits per heavy atom. The molecule has 20 heavy (non-hydrogen) atoms. The third kappa shape index (κ3) is 5.37. The van der Waals surface area contributed by atoms with Gasteiger partial charge in [0.25, 0.3) is 0 Å². The maximum atomic E-state index is 12.2. The molecule has 0 spiro atoms. The van der Waals surface area contributed by atoms with E-state index in [-0.39, 0.29) is 21.5 Å². The molecule has 4 atom stereocenters. The van der Waals surface area contributed by atoms with E-state index in [2.05, 4.69) is 9.12 Å². The normalized spacial score (nSPS) is 27.9. The van der Waals surface area contributed by atoms with Crippen molar-refractivity contribution in [2.75, 3.05) is 0 Å². The summed E-state index contributed by atoms with van der Waals surface area (Å²) >= 11 is 0. The van der Waals surface area contributed by atoms with E-state index >= 15 is 0 Å². The minimum absolute atomic E-state index is 0.177. The summed E-state index contributed by atoms with van der Waals surface area (Å²) in [5.41, 5.74) is 0. The molecule has 1 aliphatic carbocycles. The molecule has 2 unspecified atom stereocenters. The highest BCUT2D eigenvalue weighted by Gasteiger charge is 2.31. The molecular formula is C14H28N2O2S2. The molecule has 118 valence electrons. The Labute approximate surface area is 128 Å². The molecule has 1 saturated carbocycles. The average Bonchev–Trinajstić information content (AvgIpc) is 2.70. The first-order chi connectivity index (χ1) is 9.01. The standard InChI is InChI=1S/C14H28N2O2S2/c1-13(2,3)19(17)15-10-11-8-7-9-12(11)16-20(18)14(4,5)6/h10-12,16H,7-9H2,1-6H3/b15-10+/t11-,12+,19?,20?/m1/s1. The molecule has 0 radical (unpaired) electrons. The fourth-order valence-corrected chi connectivity index (χ4v) is 3.42. The maximum absolute atomic E-state index is 12.2. The van der Waals surface area contributed by atoms with Gasteiger partial charge in [0.1, 0.15) is 11.0 Å². The van der Waals surface area contributed by atoms with Crippen LogP contribution in [0.5, 0.6) is 0 Å². The van der Waals surface area contributed by atoms with Gasteiger partial charge in [0.2, 0.25) is 0 Å². The number of hydrogen-bond acceptors (Lipinski definition) is 2. The summed E-state index contributed by atoms with van der Waals surface area (Å²) in [6, 6.07) is 0.177. The fraction of sp³-hybridized carbons (Fsp3) is 0.929. The molecule has 4 nitrogen and oxygen atoms in total. The molecule has 0 aliphatic heterocycles. The van der Waals surface area contributed by atoms with Gasteiger partial charge in [0.15, 0.2) is 0 Å². The second-order valence-corrected chi connectivity index (χ2v) is 11.2. The van der Waals surface area contributed by atoms with Crippen LogP contribution in [0.15, 0.2) is 4.40 Å². The molecule has 1 rings (SSSR count). The molecule has 0 bridgehead atoms. The summed E-state index contributed by atoms with van der Waals surface area (Å²) < 4.78 is 30.9. The van der Waals surface area contributed by atoms with Crippen LogP contribution in [0, 0.1) is 5.92 Å². The highest BCUT2D eigenvalue weighted by Crippen LogP contribution is 2.26. The van der Waals surface area contributed by atoms with Crippen LogP contribution in [0.3, 0.4) is 0 Å². The van der Waals surface area contributed by atoms with Crippen LogP contribution < -0.4 is 4.72 Å². The van der Waals surface area contributed by atoms with Gasteiger partial charge >= 0.3 is 0 Å². The summed E-state index contributed by atoms with van der Waals surface area (Å²) in [5, 5.41) is 0. The number of rotatable bonds is 4. The highest BCUT2D eigenvalue weighted by molar-refractivity contribution is 7.85. The van der Waals surface area contributed by atoms with E-state index in [0.29, 0.717) is 0 Å². The monoisotopic (exact) mass is 320 g/mol. The summed E-state index contributed by atoms with van der Waals surface area (Å²) in [5.74, 6) is 0.229. The maximum Gasteiger partial charge on any atom is 0.144 e. The van der Waals surface area contributed by atoms with E-state index in [4.69, 9.17) is 0 Å². The smallest absolute Gasteiger partial charge is 0.144 e. The van der Waals surface area contributed by atoms with Crippen LogP contribution in [0.2, 0.25) is 0 Å². The molecule has 1 aliphatic rings.